The molecule has 0 bridgehead atoms. The summed E-state index contributed by atoms with van der Waals surface area (Å²) in [5, 5.41) is 8.83. The number of quaternary nitrogens is 1. The average molecular weight is 476 g/mol. The van der Waals surface area contributed by atoms with Gasteiger partial charge >= 0.3 is 6.36 Å². The van der Waals surface area contributed by atoms with E-state index < -0.39 is 12.3 Å². The Morgan fingerprint density at radius 3 is 2.56 bits per heavy atom. The number of fused-ring (bicyclic) bond motifs is 2. The van der Waals surface area contributed by atoms with Gasteiger partial charge in [-0.05, 0) is 48.6 Å². The first-order valence-electron chi connectivity index (χ1n) is 11.1. The van der Waals surface area contributed by atoms with Crippen molar-refractivity contribution in [1.29, 1.82) is 5.41 Å². The van der Waals surface area contributed by atoms with Crippen molar-refractivity contribution in [3.8, 4) is 5.75 Å². The lowest BCUT2D eigenvalue weighted by molar-refractivity contribution is -0.774. The third-order valence-corrected chi connectivity index (χ3v) is 7.72. The average Bonchev–Trinajstić information content (AvgIpc) is 3.04. The number of primary amides is 1. The zero-order valence-corrected chi connectivity index (χ0v) is 18.3. The maximum absolute atomic E-state index is 12.5. The van der Waals surface area contributed by atoms with Crippen molar-refractivity contribution in [3.05, 3.63) is 48.1 Å². The van der Waals surface area contributed by atoms with E-state index in [1.165, 1.54) is 18.2 Å². The number of halogens is 3. The van der Waals surface area contributed by atoms with Crippen molar-refractivity contribution < 1.29 is 32.1 Å². The van der Waals surface area contributed by atoms with Crippen molar-refractivity contribution in [2.45, 2.75) is 31.2 Å². The van der Waals surface area contributed by atoms with E-state index in [-0.39, 0.29) is 33.2 Å². The van der Waals surface area contributed by atoms with Crippen LogP contribution in [0, 0.1) is 17.2 Å². The van der Waals surface area contributed by atoms with Crippen molar-refractivity contribution in [3.63, 3.8) is 0 Å². The Bertz CT molecular complexity index is 1130. The van der Waals surface area contributed by atoms with E-state index in [0.717, 1.165) is 31.4 Å². The van der Waals surface area contributed by atoms with Gasteiger partial charge in [-0.15, -0.1) is 13.2 Å². The number of benzene rings is 1. The molecule has 4 N–H and O–H groups in total. The minimum atomic E-state index is -4.81. The van der Waals surface area contributed by atoms with E-state index in [1.54, 1.807) is 0 Å². The molecule has 1 aliphatic carbocycles. The molecule has 34 heavy (non-hydrogen) atoms. The number of likely N-dealkylation sites (tertiary alicyclic amines) is 1. The maximum Gasteiger partial charge on any atom is 0.573 e. The van der Waals surface area contributed by atoms with E-state index in [2.05, 4.69) is 16.7 Å². The molecular weight excluding hydrogens is 451 g/mol. The number of hydrogen-bond donors (Lipinski definition) is 3. The molecule has 2 saturated heterocycles. The molecule has 1 aromatic rings. The number of amides is 2. The highest BCUT2D eigenvalue weighted by molar-refractivity contribution is 6.23. The number of rotatable bonds is 4. The molecule has 2 amide bonds. The van der Waals surface area contributed by atoms with E-state index >= 15 is 0 Å². The van der Waals surface area contributed by atoms with Crippen molar-refractivity contribution in [2.24, 2.45) is 17.6 Å². The van der Waals surface area contributed by atoms with Gasteiger partial charge in [-0.2, -0.15) is 4.59 Å². The van der Waals surface area contributed by atoms with Gasteiger partial charge in [0.05, 0.1) is 0 Å². The molecule has 4 unspecified atom stereocenters. The lowest BCUT2D eigenvalue weighted by Crippen LogP contribution is -2.49. The molecule has 3 fully saturated rings. The van der Waals surface area contributed by atoms with E-state index in [4.69, 9.17) is 11.1 Å². The van der Waals surface area contributed by atoms with Crippen LogP contribution in [0.5, 0.6) is 5.75 Å². The summed E-state index contributed by atoms with van der Waals surface area (Å²) in [4.78, 5) is 26.2. The van der Waals surface area contributed by atoms with E-state index in [0.29, 0.717) is 42.7 Å². The monoisotopic (exact) mass is 476 g/mol. The van der Waals surface area contributed by atoms with Gasteiger partial charge in [0.2, 0.25) is 5.91 Å². The topological polar surface area (TPSA) is 109 Å². The van der Waals surface area contributed by atoms with Gasteiger partial charge in [-0.3, -0.25) is 9.59 Å². The zero-order valence-electron chi connectivity index (χ0n) is 18.3. The smallest absolute Gasteiger partial charge is 0.406 e. The number of nitrogens with one attached hydrogen (secondary N) is 2. The van der Waals surface area contributed by atoms with E-state index in [9.17, 15) is 22.8 Å². The Labute approximate surface area is 193 Å². The highest BCUT2D eigenvalue weighted by Gasteiger charge is 2.78. The van der Waals surface area contributed by atoms with Crippen LogP contribution >= 0.6 is 0 Å². The lowest BCUT2D eigenvalue weighted by atomic mass is 9.75. The van der Waals surface area contributed by atoms with E-state index in [1.807, 2.05) is 4.90 Å². The maximum atomic E-state index is 12.5. The standard InChI is InChI=1S/C23H24F3N5O3/c1-2-17(32)30-10-14-7-8-22(9-15(14)11-30)12-31(22)20(27)18(21(28)33)19(29-31)13-3-5-16(6-4-13)34-23(24,25)26/h2-6,14-15H,1,7-12H2,(H3-,27,28,29,33)/p+1. The second-order valence-corrected chi connectivity index (χ2v) is 9.55. The summed E-state index contributed by atoms with van der Waals surface area (Å²) in [6.07, 6.45) is -0.941. The fourth-order valence-electron chi connectivity index (χ4n) is 6.11. The first-order valence-corrected chi connectivity index (χ1v) is 11.1. The van der Waals surface area contributed by atoms with Gasteiger partial charge < -0.3 is 15.4 Å². The van der Waals surface area contributed by atoms with Gasteiger partial charge in [0.15, 0.2) is 17.7 Å². The number of hydrogen-bond acceptors (Lipinski definition) is 5. The summed E-state index contributed by atoms with van der Waals surface area (Å²) < 4.78 is 41.5. The van der Waals surface area contributed by atoms with Crippen LogP contribution in [0.25, 0.3) is 5.70 Å². The summed E-state index contributed by atoms with van der Waals surface area (Å²) in [6, 6.07) is 5.14. The molecular formula is C23H25F3N5O3+. The van der Waals surface area contributed by atoms with Gasteiger partial charge in [0.25, 0.3) is 11.7 Å². The fourth-order valence-corrected chi connectivity index (χ4v) is 6.11. The Kier molecular flexibility index (Phi) is 4.84. The van der Waals surface area contributed by atoms with Crippen LogP contribution in [0.15, 0.2) is 42.5 Å². The molecule has 3 heterocycles. The minimum Gasteiger partial charge on any atom is -0.406 e. The van der Waals surface area contributed by atoms with Gasteiger partial charge in [0, 0.05) is 31.5 Å². The SMILES string of the molecule is C=CC(=O)N1CC2CCC3(CC2C1)C[N+]31NC(c2ccc(OC(F)(F)F)cc2)=C(C(N)=O)C1=N. The third kappa shape index (κ3) is 3.37. The quantitative estimate of drug-likeness (QED) is 0.352. The van der Waals surface area contributed by atoms with Crippen LogP contribution in [-0.4, -0.2) is 58.7 Å². The lowest BCUT2D eigenvalue weighted by Gasteiger charge is -2.31. The molecule has 4 atom stereocenters. The van der Waals surface area contributed by atoms with Crippen LogP contribution in [0.4, 0.5) is 13.2 Å². The first-order chi connectivity index (χ1) is 16.0. The molecule has 1 aromatic carbocycles. The summed E-state index contributed by atoms with van der Waals surface area (Å²) in [5.41, 5.74) is 9.50. The second-order valence-electron chi connectivity index (χ2n) is 9.55. The molecule has 0 aromatic heterocycles. The largest absolute Gasteiger partial charge is 0.573 e. The highest BCUT2D eigenvalue weighted by atomic mass is 19.4. The van der Waals surface area contributed by atoms with Crippen molar-refractivity contribution in [2.75, 3.05) is 19.6 Å². The third-order valence-electron chi connectivity index (χ3n) is 7.72. The first kappa shape index (κ1) is 22.5. The minimum absolute atomic E-state index is 0.0402. The van der Waals surface area contributed by atoms with Crippen LogP contribution < -0.4 is 15.9 Å². The van der Waals surface area contributed by atoms with Crippen LogP contribution in [-0.2, 0) is 9.59 Å². The molecule has 4 aliphatic rings. The van der Waals surface area contributed by atoms with Crippen LogP contribution in [0.2, 0.25) is 0 Å². The molecule has 2 spiro atoms. The highest BCUT2D eigenvalue weighted by Crippen LogP contribution is 2.58. The Morgan fingerprint density at radius 2 is 1.94 bits per heavy atom. The van der Waals surface area contributed by atoms with Gasteiger partial charge in [0.1, 0.15) is 11.4 Å². The number of ether oxygens (including phenoxy) is 1. The number of nitrogens with two attached hydrogens (primary N) is 1. The van der Waals surface area contributed by atoms with Crippen molar-refractivity contribution in [1.82, 2.24) is 10.3 Å². The zero-order chi connectivity index (χ0) is 24.5. The molecule has 180 valence electrons. The van der Waals surface area contributed by atoms with Crippen LogP contribution in [0.3, 0.4) is 0 Å². The van der Waals surface area contributed by atoms with Gasteiger partial charge in [-0.1, -0.05) is 6.58 Å². The number of nitrogens with zero attached hydrogens (tertiary/aromatic N) is 2. The molecule has 1 saturated carbocycles. The summed E-state index contributed by atoms with van der Waals surface area (Å²) >= 11 is 0. The Hall–Kier alpha value is -3.34. The number of carbonyl (C=O) groups is 2. The predicted octanol–water partition coefficient (Wildman–Crippen LogP) is 2.29. The normalized spacial score (nSPS) is 32.1. The molecule has 8 nitrogen and oxygen atoms in total. The predicted molar refractivity (Wildman–Crippen MR) is 116 cm³/mol. The molecule has 5 rings (SSSR count). The molecule has 11 heteroatoms. The number of amidine groups is 1. The number of carbonyl (C=O) groups excluding carboxylic acids is 2. The van der Waals surface area contributed by atoms with Crippen molar-refractivity contribution >= 4 is 23.3 Å². The number of alkyl halides is 3. The molecule has 3 aliphatic heterocycles. The summed E-state index contributed by atoms with van der Waals surface area (Å²) in [7, 11) is 0. The summed E-state index contributed by atoms with van der Waals surface area (Å²) in [5.74, 6) is -0.448. The van der Waals surface area contributed by atoms with Crippen LogP contribution in [0.1, 0.15) is 24.8 Å². The Balaban J connectivity index is 1.38. The Morgan fingerprint density at radius 1 is 1.26 bits per heavy atom. The van der Waals surface area contributed by atoms with Gasteiger partial charge in [-0.25, -0.2) is 10.8 Å². The summed E-state index contributed by atoms with van der Waals surface area (Å²) in [6.45, 7) is 5.54. The molecule has 0 radical (unpaired) electrons. The fraction of sp³-hybridized carbons (Fsp3) is 0.435. The second kappa shape index (κ2) is 7.33.